The molecule has 0 aromatic rings. The maximum absolute atomic E-state index is 11.7. The van der Waals surface area contributed by atoms with Gasteiger partial charge < -0.3 is 19.8 Å². The molecule has 0 atom stereocenters. The summed E-state index contributed by atoms with van der Waals surface area (Å²) in [4.78, 5) is 23.5. The van der Waals surface area contributed by atoms with Crippen LogP contribution in [0.4, 0.5) is 0 Å². The third-order valence-electron chi connectivity index (χ3n) is 3.08. The van der Waals surface area contributed by atoms with E-state index in [2.05, 4.69) is 0 Å². The summed E-state index contributed by atoms with van der Waals surface area (Å²) in [5, 5.41) is 23.5. The van der Waals surface area contributed by atoms with Crippen LogP contribution in [0.2, 0.25) is 0 Å². The first kappa shape index (κ1) is 21.7. The summed E-state index contributed by atoms with van der Waals surface area (Å²) in [5.41, 5.74) is -3.71. The molecule has 1 radical (unpaired) electrons. The molecule has 0 rings (SSSR count). The fourth-order valence-electron chi connectivity index (χ4n) is 2.32. The molecule has 0 fully saturated rings. The number of carbonyl (C=O) groups is 2. The topological polar surface area (TPSA) is 80.3 Å². The monoisotopic (exact) mass is 339 g/mol. The number of hydrogen-bond acceptors (Lipinski definition) is 4. The number of carboxylic acids is 2. The molecule has 5 heteroatoms. The van der Waals surface area contributed by atoms with Crippen molar-refractivity contribution in [3.8, 4) is 0 Å². The SMILES string of the molecule is C/C=C/C(/C=C/C)(C(=O)[O-])C(/C=C/C)(/C=C/C)C(=O)[O-].[Cu+2]. The van der Waals surface area contributed by atoms with Crippen LogP contribution in [0.15, 0.2) is 48.6 Å². The largest absolute Gasteiger partial charge is 2.00 e. The van der Waals surface area contributed by atoms with Gasteiger partial charge >= 0.3 is 17.1 Å². The van der Waals surface area contributed by atoms with Gasteiger partial charge in [0.25, 0.3) is 0 Å². The van der Waals surface area contributed by atoms with Crippen LogP contribution in [-0.4, -0.2) is 11.9 Å². The zero-order chi connectivity index (χ0) is 15.8. The number of allylic oxidation sites excluding steroid dienone is 4. The van der Waals surface area contributed by atoms with Gasteiger partial charge in [0.1, 0.15) is 0 Å². The summed E-state index contributed by atoms with van der Waals surface area (Å²) in [7, 11) is 0. The normalized spacial score (nSPS) is 13.3. The van der Waals surface area contributed by atoms with Gasteiger partial charge in [-0.25, -0.2) is 0 Å². The standard InChI is InChI=1S/C16H22O4.Cu/c1-5-9-15(10-6-2,13(17)18)16(11-7-3,12-8-4)14(19)20;/h5-12H,1-4H3,(H,17,18)(H,19,20);/q;+2/p-2/b9-5+,10-6+,11-7+,12-8+;. The van der Waals surface area contributed by atoms with Crippen LogP contribution >= 0.6 is 0 Å². The van der Waals surface area contributed by atoms with Gasteiger partial charge in [-0.15, -0.1) is 0 Å². The third-order valence-corrected chi connectivity index (χ3v) is 3.08. The van der Waals surface area contributed by atoms with E-state index in [4.69, 9.17) is 0 Å². The Bertz CT molecular complexity index is 405. The first-order valence-corrected chi connectivity index (χ1v) is 6.36. The first-order valence-electron chi connectivity index (χ1n) is 6.36. The Morgan fingerprint density at radius 3 is 0.952 bits per heavy atom. The summed E-state index contributed by atoms with van der Waals surface area (Å²) >= 11 is 0. The molecule has 0 aliphatic heterocycles. The molecule has 4 nitrogen and oxygen atoms in total. The number of carbonyl (C=O) groups excluding carboxylic acids is 2. The summed E-state index contributed by atoms with van der Waals surface area (Å²) < 4.78 is 0. The van der Waals surface area contributed by atoms with Crippen LogP contribution in [0, 0.1) is 10.8 Å². The van der Waals surface area contributed by atoms with E-state index < -0.39 is 22.8 Å². The second-order valence-electron chi connectivity index (χ2n) is 4.31. The molecule has 0 aliphatic rings. The average molecular weight is 340 g/mol. The molecule has 0 unspecified atom stereocenters. The minimum atomic E-state index is -1.85. The van der Waals surface area contributed by atoms with Gasteiger partial charge in [0, 0.05) is 0 Å². The van der Waals surface area contributed by atoms with Gasteiger partial charge in [-0.2, -0.15) is 0 Å². The van der Waals surface area contributed by atoms with E-state index in [1.54, 1.807) is 27.7 Å². The smallest absolute Gasteiger partial charge is 0.549 e. The molecule has 0 aromatic carbocycles. The van der Waals surface area contributed by atoms with Crippen molar-refractivity contribution in [2.45, 2.75) is 27.7 Å². The van der Waals surface area contributed by atoms with E-state index in [0.29, 0.717) is 0 Å². The van der Waals surface area contributed by atoms with E-state index >= 15 is 0 Å². The Labute approximate surface area is 136 Å². The minimum Gasteiger partial charge on any atom is -0.549 e. The van der Waals surface area contributed by atoms with Crippen LogP contribution in [0.25, 0.3) is 0 Å². The average Bonchev–Trinajstić information content (AvgIpc) is 2.37. The summed E-state index contributed by atoms with van der Waals surface area (Å²) in [5.74, 6) is -3.01. The second-order valence-corrected chi connectivity index (χ2v) is 4.31. The predicted molar refractivity (Wildman–Crippen MR) is 74.1 cm³/mol. The van der Waals surface area contributed by atoms with Crippen molar-refractivity contribution in [1.82, 2.24) is 0 Å². The summed E-state index contributed by atoms with van der Waals surface area (Å²) in [6, 6.07) is 0. The van der Waals surface area contributed by atoms with Crippen molar-refractivity contribution in [1.29, 1.82) is 0 Å². The van der Waals surface area contributed by atoms with Crippen LogP contribution in [0.5, 0.6) is 0 Å². The third kappa shape index (κ3) is 3.96. The molecule has 0 spiro atoms. The van der Waals surface area contributed by atoms with E-state index in [0.717, 1.165) is 0 Å². The molecule has 0 N–H and O–H groups in total. The van der Waals surface area contributed by atoms with Crippen molar-refractivity contribution in [3.05, 3.63) is 48.6 Å². The summed E-state index contributed by atoms with van der Waals surface area (Å²) in [6.07, 6.45) is 11.2. The Morgan fingerprint density at radius 2 is 0.857 bits per heavy atom. The van der Waals surface area contributed by atoms with Crippen molar-refractivity contribution in [3.63, 3.8) is 0 Å². The summed E-state index contributed by atoms with van der Waals surface area (Å²) in [6.45, 7) is 6.47. The molecule has 0 aromatic heterocycles. The van der Waals surface area contributed by atoms with Crippen molar-refractivity contribution >= 4 is 11.9 Å². The van der Waals surface area contributed by atoms with Gasteiger partial charge in [-0.1, -0.05) is 48.6 Å². The number of carboxylic acid groups (broad SMARTS) is 2. The Hall–Kier alpha value is -1.58. The van der Waals surface area contributed by atoms with Gasteiger partial charge in [-0.05, 0) is 27.7 Å². The van der Waals surface area contributed by atoms with Gasteiger partial charge in [-0.3, -0.25) is 0 Å². The molecule has 0 aliphatic carbocycles. The minimum absolute atomic E-state index is 0. The van der Waals surface area contributed by atoms with E-state index in [1.165, 1.54) is 48.6 Å². The molecule has 119 valence electrons. The second kappa shape index (κ2) is 9.37. The zero-order valence-electron chi connectivity index (χ0n) is 12.6. The fraction of sp³-hybridized carbons (Fsp3) is 0.375. The van der Waals surface area contributed by atoms with Crippen LogP contribution in [0.1, 0.15) is 27.7 Å². The quantitative estimate of drug-likeness (QED) is 0.506. The van der Waals surface area contributed by atoms with E-state index in [-0.39, 0.29) is 17.1 Å². The number of rotatable bonds is 7. The Balaban J connectivity index is 0. The molecule has 0 heterocycles. The Morgan fingerprint density at radius 1 is 0.667 bits per heavy atom. The van der Waals surface area contributed by atoms with Gasteiger partial charge in [0.15, 0.2) is 0 Å². The van der Waals surface area contributed by atoms with Crippen LogP contribution in [-0.2, 0) is 26.7 Å². The van der Waals surface area contributed by atoms with Crippen molar-refractivity contribution < 1.29 is 36.9 Å². The van der Waals surface area contributed by atoms with Gasteiger partial charge in [0.2, 0.25) is 0 Å². The first-order chi connectivity index (χ1) is 9.38. The van der Waals surface area contributed by atoms with Crippen molar-refractivity contribution in [2.24, 2.45) is 10.8 Å². The van der Waals surface area contributed by atoms with E-state index in [9.17, 15) is 19.8 Å². The fourth-order valence-corrected chi connectivity index (χ4v) is 2.32. The number of aliphatic carboxylic acids is 2. The van der Waals surface area contributed by atoms with Crippen LogP contribution in [0.3, 0.4) is 0 Å². The molecule has 0 saturated heterocycles. The Kier molecular flexibility index (Phi) is 9.69. The number of hydrogen-bond donors (Lipinski definition) is 0. The van der Waals surface area contributed by atoms with Crippen LogP contribution < -0.4 is 10.2 Å². The maximum atomic E-state index is 11.7. The maximum Gasteiger partial charge on any atom is 2.00 e. The molecule has 21 heavy (non-hydrogen) atoms. The molecule has 0 bridgehead atoms. The molecular formula is C16H20CuO4. The van der Waals surface area contributed by atoms with E-state index in [1.807, 2.05) is 0 Å². The van der Waals surface area contributed by atoms with Crippen molar-refractivity contribution in [2.75, 3.05) is 0 Å². The predicted octanol–water partition coefficient (Wildman–Crippen LogP) is 0.761. The van der Waals surface area contributed by atoms with Gasteiger partial charge in [0.05, 0.1) is 22.8 Å². The zero-order valence-corrected chi connectivity index (χ0v) is 13.5. The molecular weight excluding hydrogens is 320 g/mol. The molecule has 0 saturated carbocycles. The molecule has 0 amide bonds.